The summed E-state index contributed by atoms with van der Waals surface area (Å²) in [5.74, 6) is 0. The Balaban J connectivity index is -0.0000000548. The van der Waals surface area contributed by atoms with Crippen LogP contribution in [0, 0.1) is 0 Å². The Hall–Kier alpha value is 0.444. The molecule has 0 spiro atoms. The second-order valence-electron chi connectivity index (χ2n) is 8.24. The molecule has 4 nitrogen and oxygen atoms in total. The first-order valence-electron chi connectivity index (χ1n) is 12.7. The highest BCUT2D eigenvalue weighted by Gasteiger charge is 2.47. The molecule has 0 aromatic heterocycles. The van der Waals surface area contributed by atoms with Crippen molar-refractivity contribution < 1.29 is 16.5 Å². The third kappa shape index (κ3) is 76.7. The summed E-state index contributed by atoms with van der Waals surface area (Å²) in [6, 6.07) is 0. The normalized spacial score (nSPS) is 9.06. The number of hydrogen-bond donors (Lipinski definition) is 0. The summed E-state index contributed by atoms with van der Waals surface area (Å²) in [5.41, 5.74) is 2.25. The zero-order valence-corrected chi connectivity index (χ0v) is 30.8. The third-order valence-corrected chi connectivity index (χ3v) is 13.7. The van der Waals surface area contributed by atoms with Crippen LogP contribution < -0.4 is 0 Å². The van der Waals surface area contributed by atoms with Crippen LogP contribution >= 0.6 is 0 Å². The zero-order valence-electron chi connectivity index (χ0n) is 25.2. The molecule has 0 atom stereocenters. The monoisotopic (exact) mass is 576 g/mol. The lowest BCUT2D eigenvalue weighted by Gasteiger charge is -2.35. The highest BCUT2D eigenvalue weighted by molar-refractivity contribution is 6.80. The molecule has 0 aliphatic heterocycles. The van der Waals surface area contributed by atoms with E-state index in [1.165, 1.54) is 25.7 Å². The fourth-order valence-electron chi connectivity index (χ4n) is 1.32. The van der Waals surface area contributed by atoms with Gasteiger partial charge in [-0.25, -0.2) is 0 Å². The van der Waals surface area contributed by atoms with Crippen LogP contribution in [0.4, 0.5) is 0 Å². The van der Waals surface area contributed by atoms with E-state index in [0.717, 1.165) is 0 Å². The van der Waals surface area contributed by atoms with Gasteiger partial charge in [0, 0.05) is 0 Å². The van der Waals surface area contributed by atoms with Gasteiger partial charge >= 0.3 is 9.05 Å². The third-order valence-electron chi connectivity index (χ3n) is 1.52. The number of rotatable bonds is 8. The van der Waals surface area contributed by atoms with Gasteiger partial charge in [0.2, 0.25) is 0 Å². The van der Waals surface area contributed by atoms with Crippen molar-refractivity contribution in [2.75, 3.05) is 0 Å². The predicted molar refractivity (Wildman–Crippen MR) is 178 cm³/mol. The van der Waals surface area contributed by atoms with Gasteiger partial charge in [0.05, 0.1) is 0 Å². The molecule has 0 bridgehead atoms. The Morgan fingerprint density at radius 1 is 0.471 bits per heavy atom. The SMILES string of the molecule is C.C.C=C=C.CCC.CCC.CCC.CCC.C[SiH](C)O[Si](O[SiH](C)C)(O[SiH](C)C)O[SiH](C)C. The minimum Gasteiger partial charge on any atom is -0.399 e. The van der Waals surface area contributed by atoms with Gasteiger partial charge in [-0.2, -0.15) is 0 Å². The summed E-state index contributed by atoms with van der Waals surface area (Å²) >= 11 is 0. The van der Waals surface area contributed by atoms with E-state index in [9.17, 15) is 0 Å². The fraction of sp³-hybridized carbons (Fsp3) is 0.880. The number of hydrogen-bond acceptors (Lipinski definition) is 4. The molecule has 0 saturated heterocycles. The largest absolute Gasteiger partial charge is 0.636 e. The van der Waals surface area contributed by atoms with Crippen molar-refractivity contribution in [3.63, 3.8) is 0 Å². The molecule has 0 aliphatic rings. The van der Waals surface area contributed by atoms with Crippen LogP contribution in [0.1, 0.15) is 95.9 Å². The molecule has 0 heterocycles. The molecule has 0 amide bonds. The van der Waals surface area contributed by atoms with E-state index in [1.807, 2.05) is 0 Å². The zero-order chi connectivity index (χ0) is 27.2. The van der Waals surface area contributed by atoms with Crippen LogP contribution in [0.3, 0.4) is 0 Å². The van der Waals surface area contributed by atoms with E-state index >= 15 is 0 Å². The molecule has 0 aromatic rings. The van der Waals surface area contributed by atoms with Crippen molar-refractivity contribution in [2.45, 2.75) is 148 Å². The van der Waals surface area contributed by atoms with E-state index in [2.05, 4.69) is 127 Å². The van der Waals surface area contributed by atoms with Gasteiger partial charge in [0.1, 0.15) is 0 Å². The Morgan fingerprint density at radius 2 is 0.559 bits per heavy atom. The predicted octanol–water partition coefficient (Wildman–Crippen LogP) is 9.32. The van der Waals surface area contributed by atoms with Crippen molar-refractivity contribution in [3.05, 3.63) is 18.9 Å². The molecular formula is C25H72O4Si5. The maximum Gasteiger partial charge on any atom is 0.636 e. The molecule has 0 fully saturated rings. The fourth-order valence-corrected chi connectivity index (χ4v) is 14.9. The molecule has 34 heavy (non-hydrogen) atoms. The maximum atomic E-state index is 6.09. The van der Waals surface area contributed by atoms with Gasteiger partial charge in [0.15, 0.2) is 36.2 Å². The highest BCUT2D eigenvalue weighted by atomic mass is 28.5. The molecule has 0 unspecified atom stereocenters. The van der Waals surface area contributed by atoms with Gasteiger partial charge in [-0.05, 0) is 52.4 Å². The Bertz CT molecular complexity index is 284. The molecule has 0 saturated carbocycles. The highest BCUT2D eigenvalue weighted by Crippen LogP contribution is 2.17. The van der Waals surface area contributed by atoms with Crippen molar-refractivity contribution in [3.8, 4) is 0 Å². The molecule has 0 aliphatic carbocycles. The van der Waals surface area contributed by atoms with Crippen molar-refractivity contribution >= 4 is 45.2 Å². The Kier molecular flexibility index (Phi) is 75.7. The summed E-state index contributed by atoms with van der Waals surface area (Å²) in [6.07, 6.45) is 5.00. The molecule has 0 N–H and O–H groups in total. The molecule has 0 aromatic carbocycles. The van der Waals surface area contributed by atoms with Gasteiger partial charge in [-0.3, -0.25) is 0 Å². The smallest absolute Gasteiger partial charge is 0.399 e. The first-order valence-corrected chi connectivity index (χ1v) is 25.5. The standard InChI is InChI=1S/C8H28O4Si5.4C3H8.C3H4.2CH4/c1-13(2)9-17(10-14(3)4,11-15(5)6)12-16(7)8;5*1-3-2;;/h13-16H,1-8H3;4*3H2,1-2H3;1-2H2;2*1H4. The van der Waals surface area contributed by atoms with Crippen LogP contribution in [-0.4, -0.2) is 45.2 Å². The summed E-state index contributed by atoms with van der Waals surface area (Å²) < 4.78 is 24.3. The molecule has 0 radical (unpaired) electrons. The Morgan fingerprint density at radius 3 is 0.618 bits per heavy atom. The van der Waals surface area contributed by atoms with E-state index in [1.54, 1.807) is 0 Å². The van der Waals surface area contributed by atoms with E-state index < -0.39 is 45.2 Å². The summed E-state index contributed by atoms with van der Waals surface area (Å²) in [4.78, 5) is 0. The summed E-state index contributed by atoms with van der Waals surface area (Å²) in [7, 11) is -7.68. The minimum absolute atomic E-state index is 0. The first-order chi connectivity index (χ1) is 14.7. The molecule has 216 valence electrons. The first kappa shape index (κ1) is 55.1. The van der Waals surface area contributed by atoms with Crippen molar-refractivity contribution in [1.29, 1.82) is 0 Å². The minimum atomic E-state index is -2.80. The van der Waals surface area contributed by atoms with E-state index in [0.29, 0.717) is 0 Å². The lowest BCUT2D eigenvalue weighted by atomic mass is 10.6. The second kappa shape index (κ2) is 46.7. The molecular weight excluding hydrogens is 505 g/mol. The van der Waals surface area contributed by atoms with Gasteiger partial charge in [-0.1, -0.05) is 109 Å². The Labute approximate surface area is 228 Å². The van der Waals surface area contributed by atoms with Crippen molar-refractivity contribution in [1.82, 2.24) is 0 Å². The van der Waals surface area contributed by atoms with Gasteiger partial charge < -0.3 is 16.5 Å². The maximum absolute atomic E-state index is 6.09. The topological polar surface area (TPSA) is 36.9 Å². The van der Waals surface area contributed by atoms with E-state index in [4.69, 9.17) is 16.5 Å². The lowest BCUT2D eigenvalue weighted by molar-refractivity contribution is 0.164. The van der Waals surface area contributed by atoms with Gasteiger partial charge in [0.25, 0.3) is 0 Å². The average molecular weight is 577 g/mol. The summed E-state index contributed by atoms with van der Waals surface area (Å²) in [6.45, 7) is 40.4. The van der Waals surface area contributed by atoms with E-state index in [-0.39, 0.29) is 14.9 Å². The molecule has 9 heteroatoms. The average Bonchev–Trinajstić information content (AvgIpc) is 2.55. The van der Waals surface area contributed by atoms with Crippen LogP contribution in [0.2, 0.25) is 52.4 Å². The van der Waals surface area contributed by atoms with Crippen LogP contribution in [-0.2, 0) is 16.5 Å². The lowest BCUT2D eigenvalue weighted by Crippen LogP contribution is -2.57. The van der Waals surface area contributed by atoms with Gasteiger partial charge in [-0.15, -0.1) is 5.73 Å². The van der Waals surface area contributed by atoms with Crippen LogP contribution in [0.25, 0.3) is 0 Å². The van der Waals surface area contributed by atoms with Crippen LogP contribution in [0.5, 0.6) is 0 Å². The summed E-state index contributed by atoms with van der Waals surface area (Å²) in [5, 5.41) is 0. The molecule has 0 rings (SSSR count). The van der Waals surface area contributed by atoms with Crippen LogP contribution in [0.15, 0.2) is 18.9 Å². The van der Waals surface area contributed by atoms with Crippen molar-refractivity contribution in [2.24, 2.45) is 0 Å². The second-order valence-corrected chi connectivity index (χ2v) is 21.4. The quantitative estimate of drug-likeness (QED) is 0.213.